The van der Waals surface area contributed by atoms with E-state index in [1.165, 1.54) is 12.1 Å². The van der Waals surface area contributed by atoms with E-state index in [2.05, 4.69) is 35.9 Å². The quantitative estimate of drug-likeness (QED) is 0.765. The van der Waals surface area contributed by atoms with Gasteiger partial charge in [-0.3, -0.25) is 9.69 Å². The van der Waals surface area contributed by atoms with Crippen LogP contribution in [0.4, 0.5) is 5.69 Å². The van der Waals surface area contributed by atoms with Crippen LogP contribution < -0.4 is 4.90 Å². The number of likely N-dealkylation sites (N-methyl/N-ethyl adjacent to an activating group) is 1. The summed E-state index contributed by atoms with van der Waals surface area (Å²) in [5.74, 6) is 0. The molecule has 1 aromatic rings. The molecular formula is C15H22N2O. The van der Waals surface area contributed by atoms with Crippen LogP contribution in [-0.2, 0) is 0 Å². The van der Waals surface area contributed by atoms with Gasteiger partial charge in [0.15, 0.2) is 0 Å². The molecule has 1 saturated heterocycles. The Kier molecular flexibility index (Phi) is 4.02. The summed E-state index contributed by atoms with van der Waals surface area (Å²) in [6.07, 6.45) is 2.11. The van der Waals surface area contributed by atoms with Crippen molar-refractivity contribution >= 4 is 12.0 Å². The summed E-state index contributed by atoms with van der Waals surface area (Å²) in [5.41, 5.74) is 3.10. The highest BCUT2D eigenvalue weighted by molar-refractivity contribution is 5.78. The number of aldehydes is 1. The lowest BCUT2D eigenvalue weighted by atomic mass is 10.1. The van der Waals surface area contributed by atoms with Crippen LogP contribution in [0.3, 0.4) is 0 Å². The van der Waals surface area contributed by atoms with Crippen molar-refractivity contribution in [2.24, 2.45) is 0 Å². The van der Waals surface area contributed by atoms with Crippen LogP contribution in [0.2, 0.25) is 0 Å². The van der Waals surface area contributed by atoms with E-state index in [9.17, 15) is 4.79 Å². The number of hydrogen-bond donors (Lipinski definition) is 0. The van der Waals surface area contributed by atoms with Gasteiger partial charge >= 0.3 is 0 Å². The van der Waals surface area contributed by atoms with Crippen molar-refractivity contribution in [2.45, 2.75) is 26.3 Å². The lowest BCUT2D eigenvalue weighted by Crippen LogP contribution is -2.51. The van der Waals surface area contributed by atoms with E-state index in [-0.39, 0.29) is 0 Å². The summed E-state index contributed by atoms with van der Waals surface area (Å²) >= 11 is 0. The molecular weight excluding hydrogens is 224 g/mol. The Morgan fingerprint density at radius 2 is 2.17 bits per heavy atom. The van der Waals surface area contributed by atoms with Gasteiger partial charge in [0, 0.05) is 36.9 Å². The third kappa shape index (κ3) is 2.56. The first-order chi connectivity index (χ1) is 8.65. The van der Waals surface area contributed by atoms with Crippen LogP contribution >= 0.6 is 0 Å². The number of rotatable bonds is 3. The molecule has 1 heterocycles. The normalized spacial score (nSPS) is 21.1. The van der Waals surface area contributed by atoms with Gasteiger partial charge in [-0.25, -0.2) is 0 Å². The predicted molar refractivity (Wildman–Crippen MR) is 75.5 cm³/mol. The second-order valence-electron chi connectivity index (χ2n) is 5.15. The Morgan fingerprint density at radius 1 is 1.39 bits per heavy atom. The third-order valence-corrected chi connectivity index (χ3v) is 3.99. The zero-order valence-corrected chi connectivity index (χ0v) is 11.5. The summed E-state index contributed by atoms with van der Waals surface area (Å²) < 4.78 is 0. The van der Waals surface area contributed by atoms with E-state index < -0.39 is 0 Å². The Bertz CT molecular complexity index is 431. The number of aryl methyl sites for hydroxylation is 1. The summed E-state index contributed by atoms with van der Waals surface area (Å²) in [6, 6.07) is 6.75. The van der Waals surface area contributed by atoms with Gasteiger partial charge in [-0.05, 0) is 44.2 Å². The second-order valence-corrected chi connectivity index (χ2v) is 5.15. The molecule has 1 atom stereocenters. The molecule has 0 amide bonds. The zero-order valence-electron chi connectivity index (χ0n) is 11.5. The Labute approximate surface area is 109 Å². The molecule has 0 aliphatic carbocycles. The Hall–Kier alpha value is -1.35. The van der Waals surface area contributed by atoms with Crippen molar-refractivity contribution in [1.82, 2.24) is 4.90 Å². The average Bonchev–Trinajstić information content (AvgIpc) is 2.39. The topological polar surface area (TPSA) is 23.6 Å². The van der Waals surface area contributed by atoms with Gasteiger partial charge in [-0.1, -0.05) is 6.92 Å². The first-order valence-electron chi connectivity index (χ1n) is 6.66. The Balaban J connectivity index is 2.16. The fourth-order valence-corrected chi connectivity index (χ4v) is 2.61. The number of benzene rings is 1. The van der Waals surface area contributed by atoms with E-state index >= 15 is 0 Å². The van der Waals surface area contributed by atoms with Crippen molar-refractivity contribution in [3.63, 3.8) is 0 Å². The van der Waals surface area contributed by atoms with Gasteiger partial charge in [0.2, 0.25) is 0 Å². The van der Waals surface area contributed by atoms with E-state index in [4.69, 9.17) is 0 Å². The minimum Gasteiger partial charge on any atom is -0.369 e. The second kappa shape index (κ2) is 5.53. The summed E-state index contributed by atoms with van der Waals surface area (Å²) in [5, 5.41) is 0. The van der Waals surface area contributed by atoms with Crippen molar-refractivity contribution in [3.8, 4) is 0 Å². The van der Waals surface area contributed by atoms with Gasteiger partial charge < -0.3 is 4.90 Å². The van der Waals surface area contributed by atoms with Crippen molar-refractivity contribution in [1.29, 1.82) is 0 Å². The molecule has 2 rings (SSSR count). The monoisotopic (exact) mass is 246 g/mol. The zero-order chi connectivity index (χ0) is 13.1. The first kappa shape index (κ1) is 13.1. The van der Waals surface area contributed by atoms with Crippen LogP contribution in [0.15, 0.2) is 18.2 Å². The number of nitrogens with zero attached hydrogens (tertiary/aromatic N) is 2. The third-order valence-electron chi connectivity index (χ3n) is 3.99. The maximum Gasteiger partial charge on any atom is 0.150 e. The van der Waals surface area contributed by atoms with Gasteiger partial charge in [0.25, 0.3) is 0 Å². The van der Waals surface area contributed by atoms with Crippen molar-refractivity contribution < 1.29 is 4.79 Å². The number of carbonyl (C=O) groups is 1. The lowest BCUT2D eigenvalue weighted by Gasteiger charge is -2.40. The molecule has 3 nitrogen and oxygen atoms in total. The lowest BCUT2D eigenvalue weighted by molar-refractivity contribution is 0.112. The molecule has 0 bridgehead atoms. The predicted octanol–water partition coefficient (Wildman–Crippen LogP) is 2.34. The fraction of sp³-hybridized carbons (Fsp3) is 0.533. The maximum atomic E-state index is 10.8. The minimum atomic E-state index is 0.629. The van der Waals surface area contributed by atoms with Gasteiger partial charge in [-0.2, -0.15) is 0 Å². The van der Waals surface area contributed by atoms with E-state index in [0.29, 0.717) is 6.04 Å². The Morgan fingerprint density at radius 3 is 2.78 bits per heavy atom. The largest absolute Gasteiger partial charge is 0.369 e. The standard InChI is InChI=1S/C15H22N2O/c1-4-14-10-17(8-7-16(14)3)15-6-5-13(11-18)12(2)9-15/h5-6,9,11,14H,4,7-8,10H2,1-3H3. The molecule has 18 heavy (non-hydrogen) atoms. The molecule has 0 saturated carbocycles. The van der Waals surface area contributed by atoms with E-state index in [1.807, 2.05) is 13.0 Å². The van der Waals surface area contributed by atoms with Crippen molar-refractivity contribution in [2.75, 3.05) is 31.6 Å². The summed E-state index contributed by atoms with van der Waals surface area (Å²) in [6.45, 7) is 7.48. The molecule has 0 aromatic heterocycles. The smallest absolute Gasteiger partial charge is 0.150 e. The molecule has 1 unspecified atom stereocenters. The van der Waals surface area contributed by atoms with E-state index in [0.717, 1.165) is 37.0 Å². The molecule has 1 fully saturated rings. The highest BCUT2D eigenvalue weighted by atomic mass is 16.1. The van der Waals surface area contributed by atoms with Crippen LogP contribution in [-0.4, -0.2) is 43.9 Å². The molecule has 1 aliphatic rings. The minimum absolute atomic E-state index is 0.629. The summed E-state index contributed by atoms with van der Waals surface area (Å²) in [4.78, 5) is 15.7. The number of carbonyl (C=O) groups excluding carboxylic acids is 1. The van der Waals surface area contributed by atoms with Crippen LogP contribution in [0, 0.1) is 6.92 Å². The number of piperazine rings is 1. The maximum absolute atomic E-state index is 10.8. The molecule has 0 radical (unpaired) electrons. The van der Waals surface area contributed by atoms with Crippen LogP contribution in [0.25, 0.3) is 0 Å². The molecule has 3 heteroatoms. The molecule has 1 aromatic carbocycles. The first-order valence-corrected chi connectivity index (χ1v) is 6.66. The van der Waals surface area contributed by atoms with E-state index in [1.54, 1.807) is 0 Å². The van der Waals surface area contributed by atoms with Crippen molar-refractivity contribution in [3.05, 3.63) is 29.3 Å². The average molecular weight is 246 g/mol. The molecule has 98 valence electrons. The fourth-order valence-electron chi connectivity index (χ4n) is 2.61. The molecule has 0 N–H and O–H groups in total. The SMILES string of the molecule is CCC1CN(c2ccc(C=O)c(C)c2)CCN1C. The molecule has 1 aliphatic heterocycles. The summed E-state index contributed by atoms with van der Waals surface area (Å²) in [7, 11) is 2.20. The van der Waals surface area contributed by atoms with Crippen LogP contribution in [0.5, 0.6) is 0 Å². The number of hydrogen-bond acceptors (Lipinski definition) is 3. The molecule has 0 spiro atoms. The van der Waals surface area contributed by atoms with Gasteiger partial charge in [0.05, 0.1) is 0 Å². The highest BCUT2D eigenvalue weighted by Gasteiger charge is 2.23. The van der Waals surface area contributed by atoms with Crippen LogP contribution in [0.1, 0.15) is 29.3 Å². The van der Waals surface area contributed by atoms with Gasteiger partial charge in [-0.15, -0.1) is 0 Å². The van der Waals surface area contributed by atoms with Gasteiger partial charge in [0.1, 0.15) is 6.29 Å². The highest BCUT2D eigenvalue weighted by Crippen LogP contribution is 2.22. The number of anilines is 1.